The number of amides is 1. The molecule has 2 heterocycles. The van der Waals surface area contributed by atoms with Gasteiger partial charge in [0.15, 0.2) is 0 Å². The second-order valence-corrected chi connectivity index (χ2v) is 11.5. The summed E-state index contributed by atoms with van der Waals surface area (Å²) in [5.74, 6) is -1.66. The van der Waals surface area contributed by atoms with Gasteiger partial charge in [-0.05, 0) is 29.1 Å². The molecule has 12 heteroatoms. The van der Waals surface area contributed by atoms with Crippen molar-refractivity contribution in [3.05, 3.63) is 64.7 Å². The number of amidine groups is 1. The zero-order chi connectivity index (χ0) is 24.6. The van der Waals surface area contributed by atoms with Crippen LogP contribution in [-0.4, -0.2) is 62.3 Å². The number of benzene rings is 2. The molecule has 2 atom stereocenters. The van der Waals surface area contributed by atoms with Crippen molar-refractivity contribution >= 4 is 60.6 Å². The predicted molar refractivity (Wildman–Crippen MR) is 130 cm³/mol. The molecule has 4 rings (SSSR count). The Labute approximate surface area is 204 Å². The van der Waals surface area contributed by atoms with Crippen molar-refractivity contribution in [3.8, 4) is 0 Å². The molecule has 1 unspecified atom stereocenters. The number of hydrogen-bond donors (Lipinski definition) is 4. The van der Waals surface area contributed by atoms with E-state index in [2.05, 4.69) is 10.6 Å². The third-order valence-corrected chi connectivity index (χ3v) is 9.41. The van der Waals surface area contributed by atoms with E-state index in [-0.39, 0.29) is 23.1 Å². The topological polar surface area (TPSA) is 140 Å². The average Bonchev–Trinajstić information content (AvgIpc) is 3.23. The quantitative estimate of drug-likeness (QED) is 0.289. The highest BCUT2D eigenvalue weighted by Gasteiger charge is 2.41. The number of carboxylic acids is 1. The highest BCUT2D eigenvalue weighted by atomic mass is 35.5. The van der Waals surface area contributed by atoms with Gasteiger partial charge in [0, 0.05) is 28.9 Å². The molecule has 1 aliphatic heterocycles. The summed E-state index contributed by atoms with van der Waals surface area (Å²) in [6.45, 7) is -0.464. The first kappa shape index (κ1) is 24.1. The van der Waals surface area contributed by atoms with Crippen molar-refractivity contribution in [3.63, 3.8) is 0 Å². The van der Waals surface area contributed by atoms with E-state index in [1.807, 2.05) is 0 Å². The number of thiophene rings is 1. The smallest absolute Gasteiger partial charge is 0.327 e. The van der Waals surface area contributed by atoms with E-state index in [1.54, 1.807) is 55.6 Å². The summed E-state index contributed by atoms with van der Waals surface area (Å²) < 4.78 is 28.7. The van der Waals surface area contributed by atoms with Gasteiger partial charge < -0.3 is 15.7 Å². The second-order valence-electron chi connectivity index (χ2n) is 7.78. The van der Waals surface area contributed by atoms with Crippen LogP contribution in [0.25, 0.3) is 10.1 Å². The second kappa shape index (κ2) is 9.34. The molecule has 1 saturated heterocycles. The number of aliphatic carboxylic acids is 1. The summed E-state index contributed by atoms with van der Waals surface area (Å²) in [4.78, 5) is 25.2. The number of nitrogens with one attached hydrogen (secondary N) is 3. The molecule has 1 aliphatic rings. The van der Waals surface area contributed by atoms with Crippen LogP contribution in [0.3, 0.4) is 0 Å². The number of hydrogen-bond acceptors (Lipinski definition) is 7. The van der Waals surface area contributed by atoms with Gasteiger partial charge in [0.05, 0.1) is 6.54 Å². The largest absolute Gasteiger partial charge is 0.480 e. The Kier molecular flexibility index (Phi) is 6.63. The van der Waals surface area contributed by atoms with Gasteiger partial charge in [0.25, 0.3) is 0 Å². The molecular formula is C22H21ClN4O5S2. The van der Waals surface area contributed by atoms with E-state index in [0.717, 1.165) is 11.3 Å². The van der Waals surface area contributed by atoms with Crippen LogP contribution in [0.5, 0.6) is 0 Å². The lowest BCUT2D eigenvalue weighted by atomic mass is 10.1. The Morgan fingerprint density at radius 3 is 2.62 bits per heavy atom. The summed E-state index contributed by atoms with van der Waals surface area (Å²) >= 11 is 7.13. The average molecular weight is 521 g/mol. The van der Waals surface area contributed by atoms with Crippen molar-refractivity contribution < 1.29 is 23.1 Å². The van der Waals surface area contributed by atoms with Crippen LogP contribution >= 0.6 is 22.9 Å². The predicted octanol–water partition coefficient (Wildman–Crippen LogP) is 2.46. The van der Waals surface area contributed by atoms with Gasteiger partial charge in [-0.15, -0.1) is 11.3 Å². The fourth-order valence-electron chi connectivity index (χ4n) is 3.86. The van der Waals surface area contributed by atoms with Crippen LogP contribution in [-0.2, 0) is 19.4 Å². The molecular weight excluding hydrogens is 500 g/mol. The van der Waals surface area contributed by atoms with Gasteiger partial charge in [0.1, 0.15) is 21.5 Å². The third kappa shape index (κ3) is 4.64. The molecule has 1 aromatic heterocycles. The monoisotopic (exact) mass is 520 g/mol. The number of carbonyl (C=O) groups excluding carboxylic acids is 1. The van der Waals surface area contributed by atoms with Gasteiger partial charge in [-0.25, -0.2) is 13.2 Å². The molecule has 9 nitrogen and oxygen atoms in total. The van der Waals surface area contributed by atoms with Crippen LogP contribution in [0.1, 0.15) is 16.5 Å². The molecule has 178 valence electrons. The van der Waals surface area contributed by atoms with E-state index in [9.17, 15) is 23.1 Å². The number of sulfone groups is 1. The molecule has 0 saturated carbocycles. The van der Waals surface area contributed by atoms with E-state index in [4.69, 9.17) is 17.0 Å². The summed E-state index contributed by atoms with van der Waals surface area (Å²) in [6.07, 6.45) is 0. The standard InChI is InChI=1S/C22H21ClN4O5S2/c1-25-20(24)12-2-4-13(5-3-12)21(27-10-16(22(29)30)26-18(28)11-27)34(31,32)19-8-14-6-7-15(23)9-17(14)33-19/h2-9,16,21H,10-11H2,1H3,(H2,24,25)(H,26,28)(H,29,30)/t16-,21?/m1/s1. The van der Waals surface area contributed by atoms with Crippen LogP contribution in [0.4, 0.5) is 0 Å². The van der Waals surface area contributed by atoms with E-state index >= 15 is 0 Å². The van der Waals surface area contributed by atoms with Gasteiger partial charge in [0.2, 0.25) is 15.7 Å². The zero-order valence-electron chi connectivity index (χ0n) is 17.9. The normalized spacial score (nSPS) is 17.8. The molecule has 1 amide bonds. The molecule has 0 spiro atoms. The maximum atomic E-state index is 13.9. The molecule has 0 bridgehead atoms. The van der Waals surface area contributed by atoms with Crippen LogP contribution < -0.4 is 10.6 Å². The lowest BCUT2D eigenvalue weighted by Gasteiger charge is -2.36. The summed E-state index contributed by atoms with van der Waals surface area (Å²) in [6, 6.07) is 11.8. The molecule has 3 aromatic rings. The molecule has 1 fully saturated rings. The number of carboxylic acid groups (broad SMARTS) is 1. The van der Waals surface area contributed by atoms with E-state index in [1.165, 1.54) is 4.90 Å². The Hall–Kier alpha value is -2.99. The highest BCUT2D eigenvalue weighted by Crippen LogP contribution is 2.39. The Morgan fingerprint density at radius 2 is 1.97 bits per heavy atom. The van der Waals surface area contributed by atoms with Crippen molar-refractivity contribution in [2.45, 2.75) is 15.6 Å². The lowest BCUT2D eigenvalue weighted by molar-refractivity contribution is -0.145. The minimum absolute atomic E-state index is 0.0830. The SMILES string of the molecule is CNC(=N)c1ccc(C(N2CC(=O)N[C@@H](C(=O)O)C2)S(=O)(=O)c2cc3ccc(Cl)cc3s2)cc1. The Morgan fingerprint density at radius 1 is 1.26 bits per heavy atom. The molecule has 4 N–H and O–H groups in total. The fourth-order valence-corrected chi connectivity index (χ4v) is 7.52. The number of carbonyl (C=O) groups is 2. The van der Waals surface area contributed by atoms with Gasteiger partial charge >= 0.3 is 5.97 Å². The minimum Gasteiger partial charge on any atom is -0.480 e. The first-order valence-electron chi connectivity index (χ1n) is 10.2. The number of fused-ring (bicyclic) bond motifs is 1. The van der Waals surface area contributed by atoms with Crippen LogP contribution in [0.2, 0.25) is 5.02 Å². The van der Waals surface area contributed by atoms with Crippen molar-refractivity contribution in [2.24, 2.45) is 0 Å². The van der Waals surface area contributed by atoms with Crippen LogP contribution in [0.15, 0.2) is 52.7 Å². The summed E-state index contributed by atoms with van der Waals surface area (Å²) in [5, 5.41) is 22.4. The first-order valence-corrected chi connectivity index (χ1v) is 12.9. The van der Waals surface area contributed by atoms with Gasteiger partial charge in [-0.3, -0.25) is 15.1 Å². The van der Waals surface area contributed by atoms with Crippen molar-refractivity contribution in [1.82, 2.24) is 15.5 Å². The summed E-state index contributed by atoms with van der Waals surface area (Å²) in [5.41, 5.74) is 0.917. The number of halogens is 1. The van der Waals surface area contributed by atoms with Gasteiger partial charge in [-0.1, -0.05) is 41.9 Å². The fraction of sp³-hybridized carbons (Fsp3) is 0.227. The number of piperazine rings is 1. The maximum absolute atomic E-state index is 13.9. The maximum Gasteiger partial charge on any atom is 0.327 e. The molecule has 34 heavy (non-hydrogen) atoms. The summed E-state index contributed by atoms with van der Waals surface area (Å²) in [7, 11) is -2.47. The molecule has 0 aliphatic carbocycles. The van der Waals surface area contributed by atoms with Crippen molar-refractivity contribution in [2.75, 3.05) is 20.1 Å². The molecule has 2 aromatic carbocycles. The number of nitrogens with zero attached hydrogens (tertiary/aromatic N) is 1. The van der Waals surface area contributed by atoms with E-state index < -0.39 is 33.1 Å². The van der Waals surface area contributed by atoms with Crippen molar-refractivity contribution in [1.29, 1.82) is 5.41 Å². The van der Waals surface area contributed by atoms with Gasteiger partial charge in [-0.2, -0.15) is 0 Å². The Bertz CT molecular complexity index is 1390. The highest BCUT2D eigenvalue weighted by molar-refractivity contribution is 7.93. The lowest BCUT2D eigenvalue weighted by Crippen LogP contribution is -2.58. The third-order valence-electron chi connectivity index (χ3n) is 5.50. The van der Waals surface area contributed by atoms with E-state index in [0.29, 0.717) is 26.2 Å². The first-order chi connectivity index (χ1) is 16.1. The number of rotatable bonds is 6. The molecule has 0 radical (unpaired) electrons. The minimum atomic E-state index is -4.08. The van der Waals surface area contributed by atoms with Crippen LogP contribution in [0, 0.1) is 5.41 Å². The zero-order valence-corrected chi connectivity index (χ0v) is 20.3. The Balaban J connectivity index is 1.83.